The zero-order valence-corrected chi connectivity index (χ0v) is 17.7. The van der Waals surface area contributed by atoms with Crippen LogP contribution in [0.25, 0.3) is 6.08 Å². The summed E-state index contributed by atoms with van der Waals surface area (Å²) in [6, 6.07) is 3.65. The lowest BCUT2D eigenvalue weighted by atomic mass is 10.1. The topological polar surface area (TPSA) is 55.8 Å². The van der Waals surface area contributed by atoms with Crippen LogP contribution in [0, 0.1) is 0 Å². The Morgan fingerprint density at radius 3 is 2.42 bits per heavy atom. The van der Waals surface area contributed by atoms with Crippen molar-refractivity contribution in [3.8, 4) is 11.5 Å². The number of imide groups is 1. The maximum atomic E-state index is 12.6. The molecule has 0 bridgehead atoms. The summed E-state index contributed by atoms with van der Waals surface area (Å²) in [4.78, 5) is 26.5. The second-order valence-electron chi connectivity index (χ2n) is 5.73. The average Bonchev–Trinajstić information content (AvgIpc) is 2.86. The lowest BCUT2D eigenvalue weighted by Crippen LogP contribution is -2.29. The van der Waals surface area contributed by atoms with Crippen LogP contribution in [-0.2, 0) is 4.79 Å². The Bertz CT molecular complexity index is 705. The van der Waals surface area contributed by atoms with Gasteiger partial charge in [0.15, 0.2) is 0 Å². The fraction of sp³-hybridized carbons (Fsp3) is 0.474. The van der Waals surface area contributed by atoms with Crippen molar-refractivity contribution in [2.24, 2.45) is 0 Å². The fourth-order valence-corrected chi connectivity index (χ4v) is 3.89. The van der Waals surface area contributed by atoms with Crippen LogP contribution in [0.2, 0.25) is 0 Å². The van der Waals surface area contributed by atoms with Crippen molar-refractivity contribution in [3.63, 3.8) is 0 Å². The molecule has 0 aromatic heterocycles. The largest absolute Gasteiger partial charge is 0.493 e. The number of benzene rings is 1. The van der Waals surface area contributed by atoms with Gasteiger partial charge in [-0.1, -0.05) is 19.8 Å². The van der Waals surface area contributed by atoms with Gasteiger partial charge >= 0.3 is 0 Å². The quantitative estimate of drug-likeness (QED) is 0.375. The summed E-state index contributed by atoms with van der Waals surface area (Å²) >= 11 is 4.46. The molecule has 0 atom stereocenters. The molecule has 0 spiro atoms. The second kappa shape index (κ2) is 10.0. The highest BCUT2D eigenvalue weighted by Crippen LogP contribution is 2.38. The molecule has 142 valence electrons. The third-order valence-corrected chi connectivity index (χ3v) is 5.34. The molecule has 2 amide bonds. The number of halogens is 1. The number of unbranched alkanes of at least 4 members (excludes halogenated alkanes) is 2. The third-order valence-electron chi connectivity index (χ3n) is 3.81. The molecule has 0 N–H and O–H groups in total. The number of thioether (sulfide) groups is 1. The first kappa shape index (κ1) is 20.8. The molecule has 26 heavy (non-hydrogen) atoms. The fourth-order valence-electron chi connectivity index (χ4n) is 2.56. The first-order valence-electron chi connectivity index (χ1n) is 8.86. The summed E-state index contributed by atoms with van der Waals surface area (Å²) in [5.74, 6) is 1.07. The summed E-state index contributed by atoms with van der Waals surface area (Å²) in [6.07, 6.45) is 4.60. The highest BCUT2D eigenvalue weighted by atomic mass is 79.9. The number of nitrogens with zero attached hydrogens (tertiary/aromatic N) is 1. The van der Waals surface area contributed by atoms with Crippen LogP contribution < -0.4 is 9.47 Å². The summed E-state index contributed by atoms with van der Waals surface area (Å²) in [5.41, 5.74) is 0.737. The number of carbonyl (C=O) groups excluding carboxylic acids is 2. The Kier molecular flexibility index (Phi) is 8.03. The molecule has 1 aliphatic rings. The molecule has 1 fully saturated rings. The molecule has 0 unspecified atom stereocenters. The van der Waals surface area contributed by atoms with Gasteiger partial charge < -0.3 is 9.47 Å². The van der Waals surface area contributed by atoms with Crippen LogP contribution in [-0.4, -0.2) is 35.8 Å². The highest BCUT2D eigenvalue weighted by Gasteiger charge is 2.34. The Balaban J connectivity index is 2.29. The molecule has 2 rings (SSSR count). The van der Waals surface area contributed by atoms with Crippen molar-refractivity contribution in [1.29, 1.82) is 0 Å². The summed E-state index contributed by atoms with van der Waals surface area (Å²) in [7, 11) is 0. The van der Waals surface area contributed by atoms with E-state index in [1.165, 1.54) is 4.90 Å². The van der Waals surface area contributed by atoms with Gasteiger partial charge in [0, 0.05) is 18.2 Å². The minimum atomic E-state index is -0.233. The molecule has 1 heterocycles. The lowest BCUT2D eigenvalue weighted by Gasteiger charge is -2.13. The van der Waals surface area contributed by atoms with Crippen molar-refractivity contribution in [2.45, 2.75) is 40.0 Å². The van der Waals surface area contributed by atoms with Gasteiger partial charge in [0.05, 0.1) is 22.6 Å². The van der Waals surface area contributed by atoms with Gasteiger partial charge in [-0.2, -0.15) is 0 Å². The number of amides is 2. The van der Waals surface area contributed by atoms with E-state index in [4.69, 9.17) is 9.47 Å². The van der Waals surface area contributed by atoms with Crippen LogP contribution in [0.5, 0.6) is 11.5 Å². The van der Waals surface area contributed by atoms with Gasteiger partial charge in [0.25, 0.3) is 11.1 Å². The van der Waals surface area contributed by atoms with E-state index in [1.54, 1.807) is 12.1 Å². The third kappa shape index (κ3) is 5.04. The minimum Gasteiger partial charge on any atom is -0.493 e. The van der Waals surface area contributed by atoms with Crippen molar-refractivity contribution < 1.29 is 19.1 Å². The number of hydrogen-bond donors (Lipinski definition) is 0. The van der Waals surface area contributed by atoms with E-state index in [-0.39, 0.29) is 11.1 Å². The second-order valence-corrected chi connectivity index (χ2v) is 7.57. The zero-order valence-electron chi connectivity index (χ0n) is 15.3. The Labute approximate surface area is 167 Å². The first-order valence-corrected chi connectivity index (χ1v) is 10.5. The van der Waals surface area contributed by atoms with Crippen molar-refractivity contribution in [2.75, 3.05) is 19.8 Å². The van der Waals surface area contributed by atoms with Crippen molar-refractivity contribution in [1.82, 2.24) is 4.90 Å². The molecule has 1 aromatic carbocycles. The Hall–Kier alpha value is -1.47. The normalized spacial score (nSPS) is 15.8. The molecule has 1 saturated heterocycles. The first-order chi connectivity index (χ1) is 12.5. The monoisotopic (exact) mass is 441 g/mol. The number of hydrogen-bond acceptors (Lipinski definition) is 5. The van der Waals surface area contributed by atoms with E-state index in [2.05, 4.69) is 22.9 Å². The van der Waals surface area contributed by atoms with Gasteiger partial charge in [-0.05, 0) is 60.1 Å². The zero-order chi connectivity index (χ0) is 19.1. The summed E-state index contributed by atoms with van der Waals surface area (Å²) in [5, 5.41) is -0.208. The van der Waals surface area contributed by atoms with E-state index in [1.807, 2.05) is 19.9 Å². The Morgan fingerprint density at radius 1 is 1.08 bits per heavy atom. The van der Waals surface area contributed by atoms with E-state index in [0.29, 0.717) is 36.2 Å². The van der Waals surface area contributed by atoms with E-state index >= 15 is 0 Å². The number of ether oxygens (including phenoxy) is 2. The van der Waals surface area contributed by atoms with Crippen LogP contribution in [0.1, 0.15) is 45.6 Å². The van der Waals surface area contributed by atoms with Crippen molar-refractivity contribution >= 4 is 44.9 Å². The van der Waals surface area contributed by atoms with E-state index in [9.17, 15) is 9.59 Å². The SMILES string of the molecule is CCCCCN1C(=O)S/C(=C\c2cc(Br)c(OCC)cc2OCC)C1=O. The van der Waals surface area contributed by atoms with Gasteiger partial charge in [-0.15, -0.1) is 0 Å². The van der Waals surface area contributed by atoms with Gasteiger partial charge in [0.1, 0.15) is 11.5 Å². The van der Waals surface area contributed by atoms with E-state index in [0.717, 1.165) is 41.1 Å². The molecule has 0 aliphatic carbocycles. The van der Waals surface area contributed by atoms with Crippen LogP contribution in [0.15, 0.2) is 21.5 Å². The lowest BCUT2D eigenvalue weighted by molar-refractivity contribution is -0.122. The highest BCUT2D eigenvalue weighted by molar-refractivity contribution is 9.10. The number of rotatable bonds is 9. The number of carbonyl (C=O) groups is 2. The van der Waals surface area contributed by atoms with Crippen LogP contribution >= 0.6 is 27.7 Å². The molecule has 0 radical (unpaired) electrons. The summed E-state index contributed by atoms with van der Waals surface area (Å²) < 4.78 is 12.0. The minimum absolute atomic E-state index is 0.208. The summed E-state index contributed by atoms with van der Waals surface area (Å²) in [6.45, 7) is 7.41. The standard InChI is InChI=1S/C19H24BrNO4S/c1-4-7-8-9-21-18(22)17(26-19(21)23)11-13-10-14(20)16(25-6-3)12-15(13)24-5-2/h10-12H,4-9H2,1-3H3/b17-11-. The maximum Gasteiger partial charge on any atom is 0.293 e. The predicted octanol–water partition coefficient (Wildman–Crippen LogP) is 5.47. The molecule has 1 aliphatic heterocycles. The van der Waals surface area contributed by atoms with Crippen molar-refractivity contribution in [3.05, 3.63) is 27.1 Å². The molecule has 7 heteroatoms. The predicted molar refractivity (Wildman–Crippen MR) is 109 cm³/mol. The van der Waals surface area contributed by atoms with Gasteiger partial charge in [-0.25, -0.2) is 0 Å². The Morgan fingerprint density at radius 2 is 1.77 bits per heavy atom. The average molecular weight is 442 g/mol. The van der Waals surface area contributed by atoms with Crippen LogP contribution in [0.3, 0.4) is 0 Å². The molecule has 5 nitrogen and oxygen atoms in total. The molecule has 0 saturated carbocycles. The van der Waals surface area contributed by atoms with Crippen LogP contribution in [0.4, 0.5) is 4.79 Å². The maximum absolute atomic E-state index is 12.6. The molecular weight excluding hydrogens is 418 g/mol. The van der Waals surface area contributed by atoms with Gasteiger partial charge in [-0.3, -0.25) is 14.5 Å². The molecule has 1 aromatic rings. The smallest absolute Gasteiger partial charge is 0.293 e. The molecular formula is C19H24BrNO4S. The van der Waals surface area contributed by atoms with Gasteiger partial charge in [0.2, 0.25) is 0 Å². The van der Waals surface area contributed by atoms with E-state index < -0.39 is 0 Å².